The minimum atomic E-state index is -1.36. The van der Waals surface area contributed by atoms with Gasteiger partial charge in [-0.2, -0.15) is 4.98 Å². The lowest BCUT2D eigenvalue weighted by Gasteiger charge is -2.03. The minimum absolute atomic E-state index is 0.0259. The van der Waals surface area contributed by atoms with Gasteiger partial charge in [-0.15, -0.1) is 0 Å². The summed E-state index contributed by atoms with van der Waals surface area (Å²) in [6.07, 6.45) is 1.10. The Morgan fingerprint density at radius 3 is 2.86 bits per heavy atom. The zero-order valence-corrected chi connectivity index (χ0v) is 10.9. The summed E-state index contributed by atoms with van der Waals surface area (Å²) in [4.78, 5) is 25.9. The molecule has 0 aliphatic heterocycles. The molecule has 0 saturated heterocycles. The summed E-state index contributed by atoms with van der Waals surface area (Å²) in [5, 5.41) is 11.3. The molecule has 0 fully saturated rings. The van der Waals surface area contributed by atoms with E-state index in [4.69, 9.17) is 14.3 Å². The zero-order valence-electron chi connectivity index (χ0n) is 10.9. The largest absolute Gasteiger partial charge is 0.478 e. The summed E-state index contributed by atoms with van der Waals surface area (Å²) in [5.74, 6) is -2.90. The van der Waals surface area contributed by atoms with E-state index in [9.17, 15) is 14.0 Å². The Labute approximate surface area is 118 Å². The average molecular weight is 294 g/mol. The summed E-state index contributed by atoms with van der Waals surface area (Å²) in [7, 11) is 0. The van der Waals surface area contributed by atoms with Gasteiger partial charge in [-0.05, 0) is 25.1 Å². The van der Waals surface area contributed by atoms with Crippen LogP contribution in [-0.4, -0.2) is 28.6 Å². The highest BCUT2D eigenvalue weighted by Gasteiger charge is 2.14. The second-order valence-corrected chi connectivity index (χ2v) is 3.88. The van der Waals surface area contributed by atoms with Crippen molar-refractivity contribution in [1.82, 2.24) is 4.98 Å². The monoisotopic (exact) mass is 294 g/mol. The third-order valence-corrected chi connectivity index (χ3v) is 2.44. The van der Waals surface area contributed by atoms with Gasteiger partial charge in [-0.25, -0.2) is 14.0 Å². The molecule has 21 heavy (non-hydrogen) atoms. The lowest BCUT2D eigenvalue weighted by Crippen LogP contribution is -2.05. The fourth-order valence-electron chi connectivity index (χ4n) is 1.52. The van der Waals surface area contributed by atoms with Crippen molar-refractivity contribution in [2.24, 2.45) is 0 Å². The van der Waals surface area contributed by atoms with Gasteiger partial charge < -0.3 is 19.6 Å². The highest BCUT2D eigenvalue weighted by atomic mass is 19.1. The lowest BCUT2D eigenvalue weighted by molar-refractivity contribution is 0.0519. The van der Waals surface area contributed by atoms with Crippen LogP contribution in [0.4, 0.5) is 16.1 Å². The number of carboxylic acids is 1. The SMILES string of the molecule is CCOC(=O)c1coc(Nc2ccc(C(=O)O)c(F)c2)n1. The predicted octanol–water partition coefficient (Wildman–Crippen LogP) is 2.43. The van der Waals surface area contributed by atoms with Crippen LogP contribution in [0, 0.1) is 5.82 Å². The number of hydrogen-bond donors (Lipinski definition) is 2. The molecule has 0 amide bonds. The number of ether oxygens (including phenoxy) is 1. The van der Waals surface area contributed by atoms with Gasteiger partial charge >= 0.3 is 11.9 Å². The van der Waals surface area contributed by atoms with Gasteiger partial charge in [0.15, 0.2) is 5.69 Å². The van der Waals surface area contributed by atoms with Crippen LogP contribution in [0.3, 0.4) is 0 Å². The van der Waals surface area contributed by atoms with Gasteiger partial charge in [0.05, 0.1) is 12.2 Å². The van der Waals surface area contributed by atoms with E-state index in [-0.39, 0.29) is 24.0 Å². The van der Waals surface area contributed by atoms with E-state index in [1.165, 1.54) is 6.07 Å². The molecule has 7 nitrogen and oxygen atoms in total. The molecule has 1 heterocycles. The van der Waals surface area contributed by atoms with Crippen molar-refractivity contribution in [3.8, 4) is 0 Å². The van der Waals surface area contributed by atoms with E-state index < -0.39 is 23.3 Å². The molecule has 110 valence electrons. The number of benzene rings is 1. The van der Waals surface area contributed by atoms with E-state index in [2.05, 4.69) is 10.3 Å². The van der Waals surface area contributed by atoms with Crippen molar-refractivity contribution >= 4 is 23.6 Å². The standard InChI is InChI=1S/C13H11FN2O5/c1-2-20-12(19)10-6-21-13(16-10)15-7-3-4-8(11(17)18)9(14)5-7/h3-6H,2H2,1H3,(H,15,16)(H,17,18). The topological polar surface area (TPSA) is 102 Å². The maximum atomic E-state index is 13.5. The molecule has 1 aromatic heterocycles. The minimum Gasteiger partial charge on any atom is -0.478 e. The first kappa shape index (κ1) is 14.5. The van der Waals surface area contributed by atoms with E-state index in [0.717, 1.165) is 18.4 Å². The summed E-state index contributed by atoms with van der Waals surface area (Å²) in [5.41, 5.74) is -0.239. The van der Waals surface area contributed by atoms with Crippen LogP contribution in [0.15, 0.2) is 28.9 Å². The quantitative estimate of drug-likeness (QED) is 0.816. The second kappa shape index (κ2) is 6.04. The molecule has 0 atom stereocenters. The highest BCUT2D eigenvalue weighted by Crippen LogP contribution is 2.19. The number of carbonyl (C=O) groups is 2. The summed E-state index contributed by atoms with van der Waals surface area (Å²) in [6, 6.07) is 3.40. The third kappa shape index (κ3) is 3.35. The van der Waals surface area contributed by atoms with Crippen molar-refractivity contribution in [2.75, 3.05) is 11.9 Å². The van der Waals surface area contributed by atoms with Crippen LogP contribution in [0.2, 0.25) is 0 Å². The Balaban J connectivity index is 2.14. The molecule has 1 aromatic carbocycles. The number of aromatic carboxylic acids is 1. The number of aromatic nitrogens is 1. The molecule has 2 N–H and O–H groups in total. The Kier molecular flexibility index (Phi) is 4.17. The molecule has 0 aliphatic carbocycles. The smallest absolute Gasteiger partial charge is 0.360 e. The molecule has 2 rings (SSSR count). The van der Waals surface area contributed by atoms with Gasteiger partial charge in [-0.3, -0.25) is 0 Å². The van der Waals surface area contributed by atoms with Crippen LogP contribution in [0.5, 0.6) is 0 Å². The molecule has 0 bridgehead atoms. The number of rotatable bonds is 5. The molecule has 0 spiro atoms. The van der Waals surface area contributed by atoms with Crippen LogP contribution < -0.4 is 5.32 Å². The number of nitrogens with zero attached hydrogens (tertiary/aromatic N) is 1. The van der Waals surface area contributed by atoms with Crippen LogP contribution in [0.25, 0.3) is 0 Å². The van der Waals surface area contributed by atoms with Crippen molar-refractivity contribution in [3.63, 3.8) is 0 Å². The first-order chi connectivity index (χ1) is 10.0. The molecule has 2 aromatic rings. The molecule has 8 heteroatoms. The number of carboxylic acid groups (broad SMARTS) is 1. The van der Waals surface area contributed by atoms with Crippen molar-refractivity contribution in [3.05, 3.63) is 41.5 Å². The first-order valence-electron chi connectivity index (χ1n) is 5.93. The summed E-state index contributed by atoms with van der Waals surface area (Å²) < 4.78 is 23.2. The Hall–Kier alpha value is -2.90. The zero-order chi connectivity index (χ0) is 15.4. The number of anilines is 2. The maximum Gasteiger partial charge on any atom is 0.360 e. The van der Waals surface area contributed by atoms with Gasteiger partial charge in [0.25, 0.3) is 6.01 Å². The van der Waals surface area contributed by atoms with Crippen LogP contribution in [0.1, 0.15) is 27.8 Å². The second-order valence-electron chi connectivity index (χ2n) is 3.88. The van der Waals surface area contributed by atoms with Crippen molar-refractivity contribution in [1.29, 1.82) is 0 Å². The molecule has 0 saturated carbocycles. The Morgan fingerprint density at radius 1 is 1.48 bits per heavy atom. The van der Waals surface area contributed by atoms with Crippen molar-refractivity contribution in [2.45, 2.75) is 6.92 Å². The normalized spacial score (nSPS) is 10.2. The fraction of sp³-hybridized carbons (Fsp3) is 0.154. The number of halogens is 1. The lowest BCUT2D eigenvalue weighted by atomic mass is 10.2. The molecule has 0 radical (unpaired) electrons. The number of carbonyl (C=O) groups excluding carboxylic acids is 1. The van der Waals surface area contributed by atoms with Gasteiger partial charge in [-0.1, -0.05) is 0 Å². The van der Waals surface area contributed by atoms with Crippen LogP contribution in [-0.2, 0) is 4.74 Å². The van der Waals surface area contributed by atoms with E-state index in [0.29, 0.717) is 0 Å². The van der Waals surface area contributed by atoms with Gasteiger partial charge in [0.1, 0.15) is 12.1 Å². The first-order valence-corrected chi connectivity index (χ1v) is 5.93. The number of oxazole rings is 1. The van der Waals surface area contributed by atoms with Gasteiger partial charge in [0, 0.05) is 5.69 Å². The maximum absolute atomic E-state index is 13.5. The third-order valence-electron chi connectivity index (χ3n) is 2.44. The van der Waals surface area contributed by atoms with Gasteiger partial charge in [0.2, 0.25) is 0 Å². The van der Waals surface area contributed by atoms with Crippen molar-refractivity contribution < 1.29 is 28.2 Å². The Morgan fingerprint density at radius 2 is 2.24 bits per heavy atom. The van der Waals surface area contributed by atoms with E-state index >= 15 is 0 Å². The average Bonchev–Trinajstić information content (AvgIpc) is 2.87. The molecular weight excluding hydrogens is 283 g/mol. The predicted molar refractivity (Wildman–Crippen MR) is 69.1 cm³/mol. The highest BCUT2D eigenvalue weighted by molar-refractivity contribution is 5.88. The van der Waals surface area contributed by atoms with E-state index in [1.54, 1.807) is 6.92 Å². The Bertz CT molecular complexity index is 683. The number of nitrogens with one attached hydrogen (secondary N) is 1. The fourth-order valence-corrected chi connectivity index (χ4v) is 1.52. The van der Waals surface area contributed by atoms with E-state index in [1.807, 2.05) is 0 Å². The summed E-state index contributed by atoms with van der Waals surface area (Å²) in [6.45, 7) is 1.86. The number of esters is 1. The molecule has 0 aliphatic rings. The summed E-state index contributed by atoms with van der Waals surface area (Å²) >= 11 is 0. The van der Waals surface area contributed by atoms with Crippen LogP contribution >= 0.6 is 0 Å². The molecule has 0 unspecified atom stereocenters. The number of hydrogen-bond acceptors (Lipinski definition) is 6. The molecular formula is C13H11FN2O5.